The molecule has 1 atom stereocenters. The third kappa shape index (κ3) is 14.0. The number of methoxy groups -OCH3 is 1. The first-order chi connectivity index (χ1) is 18.0. The van der Waals surface area contributed by atoms with Crippen molar-refractivity contribution in [1.82, 2.24) is 10.6 Å². The van der Waals surface area contributed by atoms with Gasteiger partial charge >= 0.3 is 12.1 Å². The molecule has 220 valence electrons. The molecular weight excluding hydrogens is 522 g/mol. The quantitative estimate of drug-likeness (QED) is 0.178. The average Bonchev–Trinajstić information content (AvgIpc) is 2.82. The van der Waals surface area contributed by atoms with E-state index in [9.17, 15) is 27.2 Å². The number of hydrogen-bond donors (Lipinski definition) is 4. The fourth-order valence-corrected chi connectivity index (χ4v) is 4.25. The second-order valence-corrected chi connectivity index (χ2v) is 10.9. The number of halogens is 4. The second kappa shape index (κ2) is 15.4. The Bertz CT molecular complexity index is 987. The molecule has 0 spiro atoms. The summed E-state index contributed by atoms with van der Waals surface area (Å²) in [6, 6.07) is 4.50. The number of hydrogen-bond acceptors (Lipinski definition) is 5. The Hall–Kier alpha value is -3.18. The van der Waals surface area contributed by atoms with Gasteiger partial charge in [-0.1, -0.05) is 58.9 Å². The molecule has 1 aliphatic carbocycles. The zero-order chi connectivity index (χ0) is 29.8. The third-order valence-corrected chi connectivity index (χ3v) is 6.07. The van der Waals surface area contributed by atoms with Gasteiger partial charge in [0, 0.05) is 25.3 Å². The highest BCUT2D eigenvalue weighted by Gasteiger charge is 2.38. The number of rotatable bonds is 9. The summed E-state index contributed by atoms with van der Waals surface area (Å²) in [5, 5.41) is 21.0. The van der Waals surface area contributed by atoms with Crippen molar-refractivity contribution in [2.45, 2.75) is 84.9 Å². The van der Waals surface area contributed by atoms with Crippen molar-refractivity contribution >= 4 is 23.6 Å². The van der Waals surface area contributed by atoms with E-state index in [1.54, 1.807) is 12.1 Å². The number of alkyl halides is 3. The molecular formula is C27H39F4N3O5. The number of carbonyl (C=O) groups is 3. The molecule has 1 aromatic carbocycles. The summed E-state index contributed by atoms with van der Waals surface area (Å²) in [6.07, 6.45) is 1.92. The van der Waals surface area contributed by atoms with Crippen LogP contribution >= 0.6 is 0 Å². The zero-order valence-corrected chi connectivity index (χ0v) is 22.8. The fourth-order valence-electron chi connectivity index (χ4n) is 4.25. The van der Waals surface area contributed by atoms with E-state index in [1.807, 2.05) is 20.8 Å². The third-order valence-electron chi connectivity index (χ3n) is 6.07. The Labute approximate surface area is 226 Å². The Morgan fingerprint density at radius 1 is 1.13 bits per heavy atom. The Morgan fingerprint density at radius 3 is 2.23 bits per heavy atom. The minimum Gasteiger partial charge on any atom is -0.494 e. The highest BCUT2D eigenvalue weighted by molar-refractivity contribution is 5.98. The maximum absolute atomic E-state index is 13.6. The van der Waals surface area contributed by atoms with Gasteiger partial charge in [-0.25, -0.2) is 9.18 Å². The van der Waals surface area contributed by atoms with Crippen LogP contribution in [0.15, 0.2) is 18.2 Å². The van der Waals surface area contributed by atoms with E-state index < -0.39 is 18.0 Å². The zero-order valence-electron chi connectivity index (χ0n) is 22.8. The topological polar surface area (TPSA) is 129 Å². The molecule has 0 aliphatic heterocycles. The minimum absolute atomic E-state index is 0.0821. The van der Waals surface area contributed by atoms with Crippen molar-refractivity contribution in [3.63, 3.8) is 0 Å². The van der Waals surface area contributed by atoms with Gasteiger partial charge < -0.3 is 20.5 Å². The number of benzene rings is 1. The molecule has 0 radical (unpaired) electrons. The van der Waals surface area contributed by atoms with E-state index in [0.29, 0.717) is 18.8 Å². The lowest BCUT2D eigenvalue weighted by atomic mass is 9.81. The lowest BCUT2D eigenvalue weighted by molar-refractivity contribution is -0.192. The van der Waals surface area contributed by atoms with Crippen LogP contribution in [0.2, 0.25) is 0 Å². The molecule has 0 unspecified atom stereocenters. The van der Waals surface area contributed by atoms with E-state index >= 15 is 0 Å². The monoisotopic (exact) mass is 561 g/mol. The van der Waals surface area contributed by atoms with Gasteiger partial charge in [0.2, 0.25) is 11.8 Å². The molecule has 39 heavy (non-hydrogen) atoms. The lowest BCUT2D eigenvalue weighted by Crippen LogP contribution is -2.38. The lowest BCUT2D eigenvalue weighted by Gasteiger charge is -2.26. The molecule has 2 amide bonds. The summed E-state index contributed by atoms with van der Waals surface area (Å²) >= 11 is 0. The summed E-state index contributed by atoms with van der Waals surface area (Å²) in [7, 11) is 1.40. The van der Waals surface area contributed by atoms with Crippen LogP contribution in [0.4, 0.5) is 17.6 Å². The number of carboxylic acids is 1. The second-order valence-electron chi connectivity index (χ2n) is 10.9. The van der Waals surface area contributed by atoms with Crippen LogP contribution in [0, 0.1) is 28.5 Å². The van der Waals surface area contributed by atoms with Crippen molar-refractivity contribution in [2.24, 2.45) is 17.3 Å². The van der Waals surface area contributed by atoms with Crippen molar-refractivity contribution in [2.75, 3.05) is 7.11 Å². The van der Waals surface area contributed by atoms with Crippen molar-refractivity contribution in [3.8, 4) is 5.75 Å². The molecule has 0 saturated heterocycles. The smallest absolute Gasteiger partial charge is 0.490 e. The minimum atomic E-state index is -5.08. The number of amides is 2. The van der Waals surface area contributed by atoms with Crippen LogP contribution < -0.4 is 15.4 Å². The first kappa shape index (κ1) is 33.8. The predicted molar refractivity (Wildman–Crippen MR) is 138 cm³/mol. The normalized spacial score (nSPS) is 14.9. The summed E-state index contributed by atoms with van der Waals surface area (Å²) in [5.41, 5.74) is 0.570. The number of carboxylic acid groups (broad SMARTS) is 1. The van der Waals surface area contributed by atoms with Crippen molar-refractivity contribution in [1.29, 1.82) is 5.41 Å². The van der Waals surface area contributed by atoms with Crippen molar-refractivity contribution < 1.29 is 41.8 Å². The summed E-state index contributed by atoms with van der Waals surface area (Å²) in [4.78, 5) is 34.1. The van der Waals surface area contributed by atoms with Gasteiger partial charge in [-0.2, -0.15) is 13.2 Å². The largest absolute Gasteiger partial charge is 0.494 e. The van der Waals surface area contributed by atoms with E-state index in [2.05, 4.69) is 10.6 Å². The molecule has 0 aromatic heterocycles. The Kier molecular flexibility index (Phi) is 13.4. The maximum atomic E-state index is 13.6. The summed E-state index contributed by atoms with van der Waals surface area (Å²) in [5.74, 6) is -3.25. The van der Waals surface area contributed by atoms with Gasteiger partial charge in [0.05, 0.1) is 7.11 Å². The molecule has 0 bridgehead atoms. The Balaban J connectivity index is 0.000000956. The molecule has 2 rings (SSSR count). The van der Waals surface area contributed by atoms with E-state index in [-0.39, 0.29) is 47.7 Å². The van der Waals surface area contributed by atoms with Gasteiger partial charge in [0.1, 0.15) is 5.84 Å². The van der Waals surface area contributed by atoms with Crippen LogP contribution in [0.5, 0.6) is 5.75 Å². The van der Waals surface area contributed by atoms with E-state index in [0.717, 1.165) is 18.4 Å². The average molecular weight is 562 g/mol. The standard InChI is InChI=1S/C25H38FN3O3.C2HF3O2/c1-25(2,3)15-23(30)29-22(27)14-19(12-17-8-6-5-7-9-17)24(31)28-16-18-10-11-20(26)21(13-18)32-4;3-2(4,5)1(6)7/h10-11,13,17,19H,5-9,12,14-16H2,1-4H3,(H,28,31)(H2,27,29,30);(H,6,7)/t19-;/m0./s1. The Morgan fingerprint density at radius 2 is 1.72 bits per heavy atom. The molecule has 1 saturated carbocycles. The highest BCUT2D eigenvalue weighted by atomic mass is 19.4. The number of ether oxygens (including phenoxy) is 1. The van der Waals surface area contributed by atoms with E-state index in [1.165, 1.54) is 32.4 Å². The first-order valence-corrected chi connectivity index (χ1v) is 12.8. The number of nitrogens with one attached hydrogen (secondary N) is 3. The van der Waals surface area contributed by atoms with Gasteiger partial charge in [-0.3, -0.25) is 15.0 Å². The molecule has 1 aromatic rings. The molecule has 0 heterocycles. The molecule has 1 fully saturated rings. The maximum Gasteiger partial charge on any atom is 0.490 e. The summed E-state index contributed by atoms with van der Waals surface area (Å²) < 4.78 is 50.4. The van der Waals surface area contributed by atoms with Crippen molar-refractivity contribution in [3.05, 3.63) is 29.6 Å². The number of amidine groups is 1. The van der Waals surface area contributed by atoms with Gasteiger partial charge in [-0.05, 0) is 35.4 Å². The predicted octanol–water partition coefficient (Wildman–Crippen LogP) is 5.59. The van der Waals surface area contributed by atoms with Gasteiger partial charge in [0.25, 0.3) is 0 Å². The van der Waals surface area contributed by atoms with Gasteiger partial charge in [-0.15, -0.1) is 0 Å². The summed E-state index contributed by atoms with van der Waals surface area (Å²) in [6.45, 7) is 6.17. The van der Waals surface area contributed by atoms with Crippen LogP contribution in [0.1, 0.15) is 77.7 Å². The number of carbonyl (C=O) groups excluding carboxylic acids is 2. The van der Waals surface area contributed by atoms with Crippen LogP contribution in [-0.4, -0.2) is 42.0 Å². The molecule has 12 heteroatoms. The van der Waals surface area contributed by atoms with E-state index in [4.69, 9.17) is 20.0 Å². The molecule has 8 nitrogen and oxygen atoms in total. The van der Waals surface area contributed by atoms with Crippen LogP contribution in [0.3, 0.4) is 0 Å². The van der Waals surface area contributed by atoms with Crippen LogP contribution in [0.25, 0.3) is 0 Å². The SMILES string of the molecule is COc1cc(CNC(=O)[C@H](CC(=N)NC(=O)CC(C)(C)C)CC2CCCCC2)ccc1F.O=C(O)C(F)(F)F. The molecule has 4 N–H and O–H groups in total. The fraction of sp³-hybridized carbons (Fsp3) is 0.630. The molecule has 1 aliphatic rings. The highest BCUT2D eigenvalue weighted by Crippen LogP contribution is 2.30. The first-order valence-electron chi connectivity index (χ1n) is 12.8. The number of aliphatic carboxylic acids is 1. The van der Waals surface area contributed by atoms with Gasteiger partial charge in [0.15, 0.2) is 11.6 Å². The van der Waals surface area contributed by atoms with Crippen LogP contribution in [-0.2, 0) is 20.9 Å².